The molecule has 0 unspecified atom stereocenters. The molecule has 2 aromatic heterocycles. The largest absolute Gasteiger partial charge is 0.354 e. The van der Waals surface area contributed by atoms with Gasteiger partial charge in [0.05, 0.1) is 6.20 Å². The monoisotopic (exact) mass is 217 g/mol. The fourth-order valence-corrected chi connectivity index (χ4v) is 2.03. The number of anilines is 1. The summed E-state index contributed by atoms with van der Waals surface area (Å²) in [7, 11) is 2.16. The van der Waals surface area contributed by atoms with Gasteiger partial charge in [-0.05, 0) is 19.2 Å². The molecule has 0 saturated carbocycles. The summed E-state index contributed by atoms with van der Waals surface area (Å²) in [4.78, 5) is 9.23. The maximum atomic E-state index is 4.57. The van der Waals surface area contributed by atoms with Gasteiger partial charge in [0.15, 0.2) is 5.65 Å². The minimum atomic E-state index is 0.872. The average molecular weight is 217 g/mol. The summed E-state index contributed by atoms with van der Waals surface area (Å²) in [6, 6.07) is 4.14. The molecule has 16 heavy (non-hydrogen) atoms. The molecule has 1 saturated heterocycles. The summed E-state index contributed by atoms with van der Waals surface area (Å²) in [5.41, 5.74) is 0.872. The second kappa shape index (κ2) is 3.75. The first-order valence-corrected chi connectivity index (χ1v) is 5.56. The van der Waals surface area contributed by atoms with Crippen molar-refractivity contribution in [1.82, 2.24) is 20.1 Å². The van der Waals surface area contributed by atoms with Crippen LogP contribution in [0.5, 0.6) is 0 Å². The first-order valence-electron chi connectivity index (χ1n) is 5.56. The molecule has 0 aliphatic carbocycles. The third-order valence-corrected chi connectivity index (χ3v) is 3.11. The van der Waals surface area contributed by atoms with Crippen molar-refractivity contribution in [2.45, 2.75) is 0 Å². The van der Waals surface area contributed by atoms with Gasteiger partial charge in [0, 0.05) is 31.6 Å². The number of fused-ring (bicyclic) bond motifs is 1. The van der Waals surface area contributed by atoms with E-state index >= 15 is 0 Å². The zero-order valence-electron chi connectivity index (χ0n) is 9.35. The Morgan fingerprint density at radius 1 is 1.19 bits per heavy atom. The van der Waals surface area contributed by atoms with Crippen LogP contribution in [0.1, 0.15) is 0 Å². The Morgan fingerprint density at radius 2 is 2.00 bits per heavy atom. The molecule has 84 valence electrons. The van der Waals surface area contributed by atoms with Crippen LogP contribution in [-0.4, -0.2) is 53.3 Å². The minimum Gasteiger partial charge on any atom is -0.354 e. The zero-order valence-corrected chi connectivity index (χ0v) is 9.35. The lowest BCUT2D eigenvalue weighted by Gasteiger charge is -2.33. The first-order chi connectivity index (χ1) is 7.83. The van der Waals surface area contributed by atoms with E-state index in [0.717, 1.165) is 43.0 Å². The Hall–Kier alpha value is -1.62. The maximum Gasteiger partial charge on any atom is 0.157 e. The number of piperazine rings is 1. The second-order valence-electron chi connectivity index (χ2n) is 4.27. The van der Waals surface area contributed by atoms with E-state index in [9.17, 15) is 0 Å². The van der Waals surface area contributed by atoms with Gasteiger partial charge in [-0.15, -0.1) is 0 Å². The number of nitrogens with zero attached hydrogens (tertiary/aromatic N) is 4. The normalized spacial score (nSPS) is 18.2. The molecule has 1 N–H and O–H groups in total. The van der Waals surface area contributed by atoms with Gasteiger partial charge in [0.1, 0.15) is 5.82 Å². The van der Waals surface area contributed by atoms with Gasteiger partial charge < -0.3 is 9.80 Å². The minimum absolute atomic E-state index is 0.872. The third-order valence-electron chi connectivity index (χ3n) is 3.11. The van der Waals surface area contributed by atoms with E-state index in [2.05, 4.69) is 44.2 Å². The summed E-state index contributed by atoms with van der Waals surface area (Å²) in [6.45, 7) is 4.29. The number of pyridine rings is 1. The molecular weight excluding hydrogens is 202 g/mol. The lowest BCUT2D eigenvalue weighted by molar-refractivity contribution is 0.312. The Bertz CT molecular complexity index is 484. The van der Waals surface area contributed by atoms with Crippen molar-refractivity contribution in [2.75, 3.05) is 38.1 Å². The number of H-pyrrole nitrogens is 1. The van der Waals surface area contributed by atoms with Crippen LogP contribution in [0.2, 0.25) is 0 Å². The van der Waals surface area contributed by atoms with Gasteiger partial charge in [-0.3, -0.25) is 5.10 Å². The second-order valence-corrected chi connectivity index (χ2v) is 4.27. The number of aromatic nitrogens is 3. The van der Waals surface area contributed by atoms with Crippen molar-refractivity contribution in [3.8, 4) is 0 Å². The van der Waals surface area contributed by atoms with Gasteiger partial charge in [0.25, 0.3) is 0 Å². The topological polar surface area (TPSA) is 48.0 Å². The maximum absolute atomic E-state index is 4.57. The van der Waals surface area contributed by atoms with Gasteiger partial charge in [0.2, 0.25) is 0 Å². The molecule has 0 aromatic carbocycles. The zero-order chi connectivity index (χ0) is 11.0. The van der Waals surface area contributed by atoms with Crippen molar-refractivity contribution < 1.29 is 0 Å². The highest BCUT2D eigenvalue weighted by Crippen LogP contribution is 2.17. The quantitative estimate of drug-likeness (QED) is 0.764. The number of aromatic amines is 1. The number of hydrogen-bond acceptors (Lipinski definition) is 4. The highest BCUT2D eigenvalue weighted by molar-refractivity contribution is 5.75. The SMILES string of the molecule is CN1CCN(c2ccc3cn[nH]c3n2)CC1. The molecule has 2 aromatic rings. The molecule has 3 rings (SSSR count). The van der Waals surface area contributed by atoms with Crippen LogP contribution >= 0.6 is 0 Å². The molecule has 0 spiro atoms. The predicted octanol–water partition coefficient (Wildman–Crippen LogP) is 0.710. The van der Waals surface area contributed by atoms with E-state index in [-0.39, 0.29) is 0 Å². The highest BCUT2D eigenvalue weighted by atomic mass is 15.3. The van der Waals surface area contributed by atoms with E-state index in [4.69, 9.17) is 0 Å². The molecule has 0 radical (unpaired) electrons. The Labute approximate surface area is 94.1 Å². The van der Waals surface area contributed by atoms with Crippen LogP contribution < -0.4 is 4.90 Å². The van der Waals surface area contributed by atoms with Crippen LogP contribution in [0, 0.1) is 0 Å². The van der Waals surface area contributed by atoms with E-state index in [1.54, 1.807) is 6.20 Å². The molecule has 5 heteroatoms. The first kappa shape index (κ1) is 9.59. The smallest absolute Gasteiger partial charge is 0.157 e. The van der Waals surface area contributed by atoms with Gasteiger partial charge in [-0.1, -0.05) is 0 Å². The van der Waals surface area contributed by atoms with Crippen LogP contribution in [0.15, 0.2) is 18.3 Å². The summed E-state index contributed by atoms with van der Waals surface area (Å²) in [5, 5.41) is 7.96. The van der Waals surface area contributed by atoms with Crippen LogP contribution in [0.25, 0.3) is 11.0 Å². The number of rotatable bonds is 1. The third kappa shape index (κ3) is 1.63. The Balaban J connectivity index is 1.87. The fourth-order valence-electron chi connectivity index (χ4n) is 2.03. The molecule has 0 amide bonds. The average Bonchev–Trinajstić information content (AvgIpc) is 2.77. The number of nitrogens with one attached hydrogen (secondary N) is 1. The van der Waals surface area contributed by atoms with Crippen molar-refractivity contribution in [1.29, 1.82) is 0 Å². The molecule has 5 nitrogen and oxygen atoms in total. The fraction of sp³-hybridized carbons (Fsp3) is 0.455. The molecule has 1 fully saturated rings. The summed E-state index contributed by atoms with van der Waals surface area (Å²) >= 11 is 0. The van der Waals surface area contributed by atoms with Crippen LogP contribution in [0.3, 0.4) is 0 Å². The van der Waals surface area contributed by atoms with Crippen molar-refractivity contribution in [2.24, 2.45) is 0 Å². The lowest BCUT2D eigenvalue weighted by atomic mass is 10.3. The summed E-state index contributed by atoms with van der Waals surface area (Å²) < 4.78 is 0. The van der Waals surface area contributed by atoms with Crippen molar-refractivity contribution in [3.63, 3.8) is 0 Å². The summed E-state index contributed by atoms with van der Waals surface area (Å²) in [5.74, 6) is 1.05. The lowest BCUT2D eigenvalue weighted by Crippen LogP contribution is -2.44. The molecule has 3 heterocycles. The van der Waals surface area contributed by atoms with E-state index in [0.29, 0.717) is 0 Å². The molecule has 0 atom stereocenters. The molecule has 1 aliphatic heterocycles. The Morgan fingerprint density at radius 3 is 2.81 bits per heavy atom. The standard InChI is InChI=1S/C11H15N5/c1-15-4-6-16(7-5-15)10-3-2-9-8-12-14-11(9)13-10/h2-3,8H,4-7H2,1H3,(H,12,13,14). The van der Waals surface area contributed by atoms with Crippen LogP contribution in [0.4, 0.5) is 5.82 Å². The van der Waals surface area contributed by atoms with Crippen molar-refractivity contribution in [3.05, 3.63) is 18.3 Å². The Kier molecular flexibility index (Phi) is 2.25. The number of likely N-dealkylation sites (N-methyl/N-ethyl adjacent to an activating group) is 1. The number of hydrogen-bond donors (Lipinski definition) is 1. The van der Waals surface area contributed by atoms with Gasteiger partial charge >= 0.3 is 0 Å². The summed E-state index contributed by atoms with van der Waals surface area (Å²) in [6.07, 6.45) is 1.80. The molecular formula is C11H15N5. The van der Waals surface area contributed by atoms with Gasteiger partial charge in [-0.25, -0.2) is 4.98 Å². The van der Waals surface area contributed by atoms with E-state index < -0.39 is 0 Å². The van der Waals surface area contributed by atoms with E-state index in [1.165, 1.54) is 0 Å². The van der Waals surface area contributed by atoms with E-state index in [1.807, 2.05) is 0 Å². The van der Waals surface area contributed by atoms with Gasteiger partial charge in [-0.2, -0.15) is 5.10 Å². The molecule has 0 bridgehead atoms. The van der Waals surface area contributed by atoms with Crippen LogP contribution in [-0.2, 0) is 0 Å². The predicted molar refractivity (Wildman–Crippen MR) is 63.6 cm³/mol. The highest BCUT2D eigenvalue weighted by Gasteiger charge is 2.15. The molecule has 1 aliphatic rings. The van der Waals surface area contributed by atoms with Crippen molar-refractivity contribution >= 4 is 16.9 Å².